The normalized spacial score (nSPS) is 19.9. The average Bonchev–Trinajstić information content (AvgIpc) is 2.41. The first-order valence-electron chi connectivity index (χ1n) is 6.75. The maximum absolute atomic E-state index is 13.6. The first kappa shape index (κ1) is 15.4. The number of halogens is 1. The highest BCUT2D eigenvalue weighted by molar-refractivity contribution is 7.89. The summed E-state index contributed by atoms with van der Waals surface area (Å²) < 4.78 is 40.4. The topological polar surface area (TPSA) is 49.4 Å². The lowest BCUT2D eigenvalue weighted by Crippen LogP contribution is -2.43. The van der Waals surface area contributed by atoms with E-state index in [0.717, 1.165) is 32.0 Å². The molecule has 1 heterocycles. The van der Waals surface area contributed by atoms with Crippen LogP contribution in [0.4, 0.5) is 4.39 Å². The molecule has 1 aliphatic heterocycles. The number of hydrogen-bond acceptors (Lipinski definition) is 3. The van der Waals surface area contributed by atoms with E-state index in [1.54, 1.807) is 0 Å². The van der Waals surface area contributed by atoms with Gasteiger partial charge in [-0.15, -0.1) is 0 Å². The molecular formula is C14H21FN2O2S. The van der Waals surface area contributed by atoms with Crippen molar-refractivity contribution in [1.29, 1.82) is 0 Å². The van der Waals surface area contributed by atoms with Gasteiger partial charge in [0.1, 0.15) is 10.7 Å². The van der Waals surface area contributed by atoms with Gasteiger partial charge in [0.25, 0.3) is 0 Å². The summed E-state index contributed by atoms with van der Waals surface area (Å²) in [5, 5.41) is 0. The van der Waals surface area contributed by atoms with Gasteiger partial charge >= 0.3 is 0 Å². The van der Waals surface area contributed by atoms with Crippen molar-refractivity contribution >= 4 is 10.0 Å². The Hall–Kier alpha value is -0.980. The lowest BCUT2D eigenvalue weighted by Gasteiger charge is -2.37. The van der Waals surface area contributed by atoms with Crippen LogP contribution < -0.4 is 4.72 Å². The molecule has 0 atom stereocenters. The summed E-state index contributed by atoms with van der Waals surface area (Å²) in [6.07, 6.45) is 1.87. The molecule has 0 radical (unpaired) electrons. The van der Waals surface area contributed by atoms with Crippen LogP contribution in [-0.2, 0) is 10.0 Å². The van der Waals surface area contributed by atoms with E-state index >= 15 is 0 Å². The van der Waals surface area contributed by atoms with E-state index in [2.05, 4.69) is 23.6 Å². The molecule has 0 bridgehead atoms. The minimum atomic E-state index is -3.78. The zero-order chi connectivity index (χ0) is 14.8. The van der Waals surface area contributed by atoms with Gasteiger partial charge in [-0.2, -0.15) is 0 Å². The number of nitrogens with zero attached hydrogens (tertiary/aromatic N) is 1. The molecule has 1 aliphatic rings. The number of hydrogen-bond donors (Lipinski definition) is 1. The number of nitrogens with one attached hydrogen (secondary N) is 1. The Morgan fingerprint density at radius 1 is 1.30 bits per heavy atom. The van der Waals surface area contributed by atoms with Crippen LogP contribution in [0.25, 0.3) is 0 Å². The van der Waals surface area contributed by atoms with Crippen molar-refractivity contribution in [2.75, 3.05) is 26.7 Å². The van der Waals surface area contributed by atoms with Crippen molar-refractivity contribution in [3.05, 3.63) is 30.1 Å². The maximum Gasteiger partial charge on any atom is 0.243 e. The fraction of sp³-hybridized carbons (Fsp3) is 0.571. The van der Waals surface area contributed by atoms with E-state index in [9.17, 15) is 12.8 Å². The standard InChI is InChI=1S/C14H21FN2O2S/c1-14(7-9-17(2)10-8-14)11-16-20(18,19)13-6-4-3-5-12(13)15/h3-6,16H,7-11H2,1-2H3. The minimum Gasteiger partial charge on any atom is -0.306 e. The Morgan fingerprint density at radius 2 is 1.90 bits per heavy atom. The molecule has 0 unspecified atom stereocenters. The van der Waals surface area contributed by atoms with Gasteiger partial charge in [0.05, 0.1) is 0 Å². The Labute approximate surface area is 120 Å². The fourth-order valence-electron chi connectivity index (χ4n) is 2.34. The molecule has 4 nitrogen and oxygen atoms in total. The highest BCUT2D eigenvalue weighted by atomic mass is 32.2. The molecule has 1 aromatic carbocycles. The van der Waals surface area contributed by atoms with Gasteiger partial charge in [0, 0.05) is 6.54 Å². The zero-order valence-corrected chi connectivity index (χ0v) is 12.7. The molecule has 112 valence electrons. The summed E-state index contributed by atoms with van der Waals surface area (Å²) in [6, 6.07) is 5.45. The average molecular weight is 300 g/mol. The lowest BCUT2D eigenvalue weighted by atomic mass is 9.81. The van der Waals surface area contributed by atoms with E-state index in [0.29, 0.717) is 6.54 Å². The second kappa shape index (κ2) is 5.79. The van der Waals surface area contributed by atoms with Crippen LogP contribution in [0.5, 0.6) is 0 Å². The molecule has 6 heteroatoms. The number of sulfonamides is 1. The summed E-state index contributed by atoms with van der Waals surface area (Å²) >= 11 is 0. The van der Waals surface area contributed by atoms with Crippen molar-refractivity contribution in [3.63, 3.8) is 0 Å². The quantitative estimate of drug-likeness (QED) is 0.923. The van der Waals surface area contributed by atoms with E-state index in [1.807, 2.05) is 0 Å². The molecule has 1 saturated heterocycles. The first-order chi connectivity index (χ1) is 9.32. The van der Waals surface area contributed by atoms with Crippen LogP contribution in [0, 0.1) is 11.2 Å². The van der Waals surface area contributed by atoms with Crippen molar-refractivity contribution in [1.82, 2.24) is 9.62 Å². The third-order valence-corrected chi connectivity index (χ3v) is 5.44. The van der Waals surface area contributed by atoms with Gasteiger partial charge in [-0.25, -0.2) is 17.5 Å². The molecule has 1 aromatic rings. The number of rotatable bonds is 4. The first-order valence-corrected chi connectivity index (χ1v) is 8.23. The zero-order valence-electron chi connectivity index (χ0n) is 11.9. The maximum atomic E-state index is 13.6. The molecule has 0 saturated carbocycles. The van der Waals surface area contributed by atoms with Gasteiger partial charge in [-0.05, 0) is 50.5 Å². The molecule has 2 rings (SSSR count). The lowest BCUT2D eigenvalue weighted by molar-refractivity contribution is 0.143. The molecule has 0 spiro atoms. The highest BCUT2D eigenvalue weighted by Gasteiger charge is 2.31. The molecule has 0 amide bonds. The van der Waals surface area contributed by atoms with Crippen LogP contribution in [0.1, 0.15) is 19.8 Å². The second-order valence-corrected chi connectivity index (χ2v) is 7.60. The van der Waals surface area contributed by atoms with Crippen molar-refractivity contribution in [2.45, 2.75) is 24.7 Å². The van der Waals surface area contributed by atoms with Crippen molar-refractivity contribution in [3.8, 4) is 0 Å². The summed E-state index contributed by atoms with van der Waals surface area (Å²) in [5.41, 5.74) is -0.0646. The largest absolute Gasteiger partial charge is 0.306 e. The van der Waals surface area contributed by atoms with Crippen LogP contribution >= 0.6 is 0 Å². The molecule has 1 N–H and O–H groups in total. The van der Waals surface area contributed by atoms with E-state index < -0.39 is 15.8 Å². The van der Waals surface area contributed by atoms with E-state index in [-0.39, 0.29) is 10.3 Å². The smallest absolute Gasteiger partial charge is 0.243 e. The summed E-state index contributed by atoms with van der Waals surface area (Å²) in [4.78, 5) is 1.95. The van der Waals surface area contributed by atoms with Gasteiger partial charge in [0.2, 0.25) is 10.0 Å². The van der Waals surface area contributed by atoms with Gasteiger partial charge in [0.15, 0.2) is 0 Å². The molecule has 0 aromatic heterocycles. The Morgan fingerprint density at radius 3 is 2.50 bits per heavy atom. The van der Waals surface area contributed by atoms with Crippen LogP contribution in [0.3, 0.4) is 0 Å². The van der Waals surface area contributed by atoms with E-state index in [4.69, 9.17) is 0 Å². The third-order valence-electron chi connectivity index (χ3n) is 4.01. The number of piperidine rings is 1. The summed E-state index contributed by atoms with van der Waals surface area (Å²) in [7, 11) is -1.72. The van der Waals surface area contributed by atoms with Crippen LogP contribution in [0.2, 0.25) is 0 Å². The fourth-order valence-corrected chi connectivity index (χ4v) is 3.62. The predicted octanol–water partition coefficient (Wildman–Crippen LogP) is 1.84. The Kier molecular flexibility index (Phi) is 4.46. The molecular weight excluding hydrogens is 279 g/mol. The highest BCUT2D eigenvalue weighted by Crippen LogP contribution is 2.30. The Balaban J connectivity index is 2.05. The molecule has 1 fully saturated rings. The second-order valence-electron chi connectivity index (χ2n) is 5.87. The van der Waals surface area contributed by atoms with Gasteiger partial charge in [-0.3, -0.25) is 0 Å². The predicted molar refractivity (Wildman–Crippen MR) is 76.4 cm³/mol. The van der Waals surface area contributed by atoms with Crippen LogP contribution in [0.15, 0.2) is 29.2 Å². The number of likely N-dealkylation sites (tertiary alicyclic amines) is 1. The minimum absolute atomic E-state index is 0.0646. The molecule has 20 heavy (non-hydrogen) atoms. The van der Waals surface area contributed by atoms with Gasteiger partial charge in [-0.1, -0.05) is 19.1 Å². The molecule has 0 aliphatic carbocycles. The van der Waals surface area contributed by atoms with E-state index in [1.165, 1.54) is 18.2 Å². The van der Waals surface area contributed by atoms with Crippen molar-refractivity contribution < 1.29 is 12.8 Å². The van der Waals surface area contributed by atoms with Crippen molar-refractivity contribution in [2.24, 2.45) is 5.41 Å². The summed E-state index contributed by atoms with van der Waals surface area (Å²) in [6.45, 7) is 4.33. The Bertz CT molecular complexity index is 566. The monoisotopic (exact) mass is 300 g/mol. The SMILES string of the molecule is CN1CCC(C)(CNS(=O)(=O)c2ccccc2F)CC1. The van der Waals surface area contributed by atoms with Gasteiger partial charge < -0.3 is 4.90 Å². The third kappa shape index (κ3) is 3.56. The number of benzene rings is 1. The summed E-state index contributed by atoms with van der Waals surface area (Å²) in [5.74, 6) is -0.714. The van der Waals surface area contributed by atoms with Crippen LogP contribution in [-0.4, -0.2) is 40.0 Å².